The summed E-state index contributed by atoms with van der Waals surface area (Å²) in [7, 11) is -3.94. The second kappa shape index (κ2) is 7.74. The molecule has 0 spiro atoms. The zero-order valence-electron chi connectivity index (χ0n) is 13.0. The molecule has 1 N–H and O–H groups in total. The van der Waals surface area contributed by atoms with Gasteiger partial charge in [0.25, 0.3) is 15.9 Å². The summed E-state index contributed by atoms with van der Waals surface area (Å²) >= 11 is 3.23. The van der Waals surface area contributed by atoms with Gasteiger partial charge in [0.1, 0.15) is 6.10 Å². The van der Waals surface area contributed by atoms with Crippen molar-refractivity contribution in [1.29, 1.82) is 0 Å². The molecule has 128 valence electrons. The third kappa shape index (κ3) is 5.00. The molecule has 0 unspecified atom stereocenters. The van der Waals surface area contributed by atoms with Crippen LogP contribution in [0.3, 0.4) is 0 Å². The topological polar surface area (TPSA) is 81.7 Å². The average Bonchev–Trinajstić information content (AvgIpc) is 3.00. The predicted octanol–water partition coefficient (Wildman–Crippen LogP) is 2.15. The van der Waals surface area contributed by atoms with Crippen molar-refractivity contribution in [2.75, 3.05) is 13.2 Å². The van der Waals surface area contributed by atoms with E-state index in [1.165, 1.54) is 13.0 Å². The van der Waals surface area contributed by atoms with Gasteiger partial charge in [-0.2, -0.15) is 0 Å². The average molecular weight is 406 g/mol. The molecule has 23 heavy (non-hydrogen) atoms. The molecule has 0 radical (unpaired) electrons. The van der Waals surface area contributed by atoms with E-state index in [1.807, 2.05) is 0 Å². The van der Waals surface area contributed by atoms with Gasteiger partial charge in [0.15, 0.2) is 0 Å². The lowest BCUT2D eigenvalue weighted by Gasteiger charge is -2.16. The number of rotatable bonds is 6. The van der Waals surface area contributed by atoms with Crippen LogP contribution in [-0.4, -0.2) is 39.7 Å². The van der Waals surface area contributed by atoms with E-state index in [0.29, 0.717) is 16.6 Å². The van der Waals surface area contributed by atoms with E-state index < -0.39 is 22.0 Å². The first-order valence-electron chi connectivity index (χ1n) is 7.35. The summed E-state index contributed by atoms with van der Waals surface area (Å²) in [5.41, 5.74) is 0.557. The molecule has 8 heteroatoms. The molecule has 1 aromatic rings. The molecule has 1 fully saturated rings. The monoisotopic (exact) mass is 405 g/mol. The lowest BCUT2D eigenvalue weighted by atomic mass is 10.2. The highest BCUT2D eigenvalue weighted by molar-refractivity contribution is 9.10. The lowest BCUT2D eigenvalue weighted by molar-refractivity contribution is -0.131. The van der Waals surface area contributed by atoms with Crippen molar-refractivity contribution in [3.8, 4) is 0 Å². The summed E-state index contributed by atoms with van der Waals surface area (Å²) in [6, 6.07) is 4.87. The minimum absolute atomic E-state index is 0.0193. The van der Waals surface area contributed by atoms with Crippen LogP contribution >= 0.6 is 15.9 Å². The Kier molecular flexibility index (Phi) is 6.19. The molecule has 1 aliphatic rings. The second-order valence-corrected chi connectivity index (χ2v) is 8.06. The first kappa shape index (κ1) is 18.4. The minimum atomic E-state index is -3.94. The van der Waals surface area contributed by atoms with Gasteiger partial charge in [0, 0.05) is 11.1 Å². The fourth-order valence-electron chi connectivity index (χ4n) is 2.24. The molecule has 1 amide bonds. The molecule has 0 saturated carbocycles. The highest BCUT2D eigenvalue weighted by Gasteiger charge is 2.25. The van der Waals surface area contributed by atoms with Crippen LogP contribution in [0.15, 0.2) is 27.6 Å². The first-order chi connectivity index (χ1) is 10.8. The molecular weight excluding hydrogens is 386 g/mol. The number of amides is 1. The number of carbonyl (C=O) groups is 1. The summed E-state index contributed by atoms with van der Waals surface area (Å²) in [6.45, 7) is 4.17. The number of nitrogens with one attached hydrogen (secondary N) is 1. The minimum Gasteiger partial charge on any atom is -0.376 e. The third-order valence-electron chi connectivity index (χ3n) is 3.60. The second-order valence-electron chi connectivity index (χ2n) is 5.49. The molecule has 0 bridgehead atoms. The Morgan fingerprint density at radius 2 is 2.26 bits per heavy atom. The molecule has 1 aromatic carbocycles. The highest BCUT2D eigenvalue weighted by Crippen LogP contribution is 2.20. The lowest BCUT2D eigenvalue weighted by Crippen LogP contribution is -2.39. The smallest absolute Gasteiger partial charge is 0.264 e. The largest absolute Gasteiger partial charge is 0.376 e. The van der Waals surface area contributed by atoms with Crippen LogP contribution in [0, 0.1) is 6.92 Å². The first-order valence-corrected chi connectivity index (χ1v) is 9.63. The Morgan fingerprint density at radius 3 is 2.91 bits per heavy atom. The number of hydrogen-bond acceptors (Lipinski definition) is 5. The molecule has 0 aliphatic carbocycles. The Bertz CT molecular complexity index is 670. The van der Waals surface area contributed by atoms with Gasteiger partial charge < -0.3 is 9.47 Å². The van der Waals surface area contributed by atoms with Crippen molar-refractivity contribution < 1.29 is 22.7 Å². The number of benzene rings is 1. The van der Waals surface area contributed by atoms with E-state index in [2.05, 4.69) is 20.7 Å². The van der Waals surface area contributed by atoms with Crippen molar-refractivity contribution in [1.82, 2.24) is 4.72 Å². The van der Waals surface area contributed by atoms with Crippen molar-refractivity contribution >= 4 is 31.9 Å². The van der Waals surface area contributed by atoms with E-state index in [1.54, 1.807) is 19.1 Å². The van der Waals surface area contributed by atoms with Crippen molar-refractivity contribution in [2.45, 2.75) is 43.8 Å². The van der Waals surface area contributed by atoms with Gasteiger partial charge in [-0.15, -0.1) is 0 Å². The zero-order valence-corrected chi connectivity index (χ0v) is 15.4. The van der Waals surface area contributed by atoms with E-state index in [-0.39, 0.29) is 17.6 Å². The number of ether oxygens (including phenoxy) is 2. The molecule has 1 saturated heterocycles. The van der Waals surface area contributed by atoms with Crippen LogP contribution in [0.4, 0.5) is 0 Å². The normalized spacial score (nSPS) is 19.5. The molecule has 1 aliphatic heterocycles. The molecule has 2 atom stereocenters. The Hall–Kier alpha value is -0.960. The Labute approximate surface area is 144 Å². The number of carbonyl (C=O) groups excluding carboxylic acids is 1. The SMILES string of the molecule is Cc1ccc(Br)cc1S(=O)(=O)NC(=O)[C@H](C)OC[C@@H]1CCCO1. The van der Waals surface area contributed by atoms with Crippen molar-refractivity contribution in [3.05, 3.63) is 28.2 Å². The van der Waals surface area contributed by atoms with Crippen LogP contribution < -0.4 is 4.72 Å². The summed E-state index contributed by atoms with van der Waals surface area (Å²) in [4.78, 5) is 12.1. The van der Waals surface area contributed by atoms with E-state index in [4.69, 9.17) is 9.47 Å². The quantitative estimate of drug-likeness (QED) is 0.783. The standard InChI is InChI=1S/C15H20BrNO5S/c1-10-5-6-12(16)8-14(10)23(19,20)17-15(18)11(2)22-9-13-4-3-7-21-13/h5-6,8,11,13H,3-4,7,9H2,1-2H3,(H,17,18)/t11-,13-/m0/s1. The molecule has 2 rings (SSSR count). The van der Waals surface area contributed by atoms with Crippen molar-refractivity contribution in [2.24, 2.45) is 0 Å². The number of sulfonamides is 1. The summed E-state index contributed by atoms with van der Waals surface area (Å²) in [5, 5.41) is 0. The van der Waals surface area contributed by atoms with Gasteiger partial charge in [0.2, 0.25) is 0 Å². The van der Waals surface area contributed by atoms with Gasteiger partial charge in [-0.05, 0) is 44.4 Å². The third-order valence-corrected chi connectivity index (χ3v) is 5.58. The van der Waals surface area contributed by atoms with Crippen LogP contribution in [-0.2, 0) is 24.3 Å². The van der Waals surface area contributed by atoms with Crippen LogP contribution in [0.25, 0.3) is 0 Å². The van der Waals surface area contributed by atoms with Crippen molar-refractivity contribution in [3.63, 3.8) is 0 Å². The predicted molar refractivity (Wildman–Crippen MR) is 88.6 cm³/mol. The van der Waals surface area contributed by atoms with Crippen LogP contribution in [0.1, 0.15) is 25.3 Å². The van der Waals surface area contributed by atoms with E-state index >= 15 is 0 Å². The molecule has 6 nitrogen and oxygen atoms in total. The summed E-state index contributed by atoms with van der Waals surface area (Å²) in [5.74, 6) is -0.692. The maximum atomic E-state index is 12.3. The van der Waals surface area contributed by atoms with Gasteiger partial charge in [-0.25, -0.2) is 13.1 Å². The Morgan fingerprint density at radius 1 is 1.52 bits per heavy atom. The Balaban J connectivity index is 1.98. The summed E-state index contributed by atoms with van der Waals surface area (Å²) < 4.78 is 38.2. The van der Waals surface area contributed by atoms with E-state index in [0.717, 1.165) is 12.8 Å². The fourth-order valence-corrected chi connectivity index (χ4v) is 4.06. The maximum absolute atomic E-state index is 12.3. The number of hydrogen-bond donors (Lipinski definition) is 1. The van der Waals surface area contributed by atoms with Gasteiger partial charge >= 0.3 is 0 Å². The maximum Gasteiger partial charge on any atom is 0.264 e. The molecular formula is C15H20BrNO5S. The summed E-state index contributed by atoms with van der Waals surface area (Å²) in [6.07, 6.45) is 0.977. The fraction of sp³-hybridized carbons (Fsp3) is 0.533. The number of aryl methyl sites for hydroxylation is 1. The van der Waals surface area contributed by atoms with Crippen LogP contribution in [0.2, 0.25) is 0 Å². The highest BCUT2D eigenvalue weighted by atomic mass is 79.9. The van der Waals surface area contributed by atoms with Gasteiger partial charge in [0.05, 0.1) is 17.6 Å². The molecule has 0 aromatic heterocycles. The van der Waals surface area contributed by atoms with Gasteiger partial charge in [-0.1, -0.05) is 22.0 Å². The number of halogens is 1. The van der Waals surface area contributed by atoms with Crippen LogP contribution in [0.5, 0.6) is 0 Å². The zero-order chi connectivity index (χ0) is 17.0. The van der Waals surface area contributed by atoms with Gasteiger partial charge in [-0.3, -0.25) is 4.79 Å². The van der Waals surface area contributed by atoms with E-state index in [9.17, 15) is 13.2 Å². The molecule has 1 heterocycles.